The zero-order chi connectivity index (χ0) is 7.82. The van der Waals surface area contributed by atoms with Crippen LogP contribution in [-0.4, -0.2) is 26.1 Å². The van der Waals surface area contributed by atoms with E-state index in [2.05, 4.69) is 0 Å². The minimum atomic E-state index is -0.537. The highest BCUT2D eigenvalue weighted by atomic mass is 16.7. The number of rotatable bonds is 6. The second-order valence-electron chi connectivity index (χ2n) is 1.92. The molecular formula is C7H15O3. The van der Waals surface area contributed by atoms with Crippen molar-refractivity contribution in [3.05, 3.63) is 0 Å². The fourth-order valence-electron chi connectivity index (χ4n) is 0.580. The van der Waals surface area contributed by atoms with Gasteiger partial charge in [-0.3, -0.25) is 0 Å². The summed E-state index contributed by atoms with van der Waals surface area (Å²) in [5.74, 6) is 0. The molecule has 3 nitrogen and oxygen atoms in total. The first-order valence-electron chi connectivity index (χ1n) is 3.66. The molecule has 0 aliphatic rings. The fraction of sp³-hybridized carbons (Fsp3) is 1.00. The maximum atomic E-state index is 10.3. The molecule has 0 aromatic rings. The van der Waals surface area contributed by atoms with Gasteiger partial charge >= 0.3 is 0 Å². The molecule has 0 aliphatic carbocycles. The van der Waals surface area contributed by atoms with Crippen molar-refractivity contribution in [3.63, 3.8) is 0 Å². The number of hydrogen-bond donors (Lipinski definition) is 0. The molecule has 0 bridgehead atoms. The van der Waals surface area contributed by atoms with Crippen LogP contribution in [0.4, 0.5) is 0 Å². The summed E-state index contributed by atoms with van der Waals surface area (Å²) < 4.78 is 10.0. The Morgan fingerprint density at radius 2 is 2.00 bits per heavy atom. The van der Waals surface area contributed by atoms with Crippen molar-refractivity contribution in [3.8, 4) is 0 Å². The molecule has 1 radical (unpaired) electrons. The molecule has 0 fully saturated rings. The summed E-state index contributed by atoms with van der Waals surface area (Å²) in [7, 11) is 0. The van der Waals surface area contributed by atoms with Gasteiger partial charge in [-0.2, -0.15) is 0 Å². The van der Waals surface area contributed by atoms with Gasteiger partial charge in [0.2, 0.25) is 0 Å². The summed E-state index contributed by atoms with van der Waals surface area (Å²) in [4.78, 5) is 0. The van der Waals surface area contributed by atoms with E-state index in [1.54, 1.807) is 0 Å². The van der Waals surface area contributed by atoms with Crippen molar-refractivity contribution < 1.29 is 14.6 Å². The molecule has 0 rings (SSSR count). The van der Waals surface area contributed by atoms with E-state index >= 15 is 0 Å². The molecule has 10 heavy (non-hydrogen) atoms. The molecular weight excluding hydrogens is 132 g/mol. The molecule has 0 spiro atoms. The third-order valence-electron chi connectivity index (χ3n) is 0.997. The molecule has 1 unspecified atom stereocenters. The molecule has 0 amide bonds. The van der Waals surface area contributed by atoms with E-state index < -0.39 is 6.29 Å². The van der Waals surface area contributed by atoms with Crippen molar-refractivity contribution in [2.75, 3.05) is 19.8 Å². The van der Waals surface area contributed by atoms with Gasteiger partial charge < -0.3 is 9.47 Å². The van der Waals surface area contributed by atoms with Crippen LogP contribution in [0.2, 0.25) is 0 Å². The number of ether oxygens (including phenoxy) is 2. The van der Waals surface area contributed by atoms with Gasteiger partial charge in [-0.05, 0) is 13.3 Å². The number of hydrogen-bond acceptors (Lipinski definition) is 2. The molecule has 0 saturated heterocycles. The minimum absolute atomic E-state index is 0.312. The lowest BCUT2D eigenvalue weighted by atomic mass is 10.5. The van der Waals surface area contributed by atoms with Crippen LogP contribution in [0.25, 0.3) is 0 Å². The van der Waals surface area contributed by atoms with E-state index in [4.69, 9.17) is 9.47 Å². The average Bonchev–Trinajstić information content (AvgIpc) is 1.98. The van der Waals surface area contributed by atoms with Crippen LogP contribution in [0, 0.1) is 0 Å². The molecule has 0 N–H and O–H groups in total. The predicted octanol–water partition coefficient (Wildman–Crippen LogP) is 1.21. The van der Waals surface area contributed by atoms with Crippen molar-refractivity contribution >= 4 is 0 Å². The topological polar surface area (TPSA) is 38.4 Å². The van der Waals surface area contributed by atoms with E-state index in [1.807, 2.05) is 13.8 Å². The van der Waals surface area contributed by atoms with E-state index in [0.29, 0.717) is 13.2 Å². The standard InChI is InChI=1S/C7H15O3/c1-3-5-10-7(6-8)9-4-2/h7H,3-6H2,1-2H3. The zero-order valence-electron chi connectivity index (χ0n) is 6.63. The van der Waals surface area contributed by atoms with Gasteiger partial charge in [0.05, 0.1) is 0 Å². The van der Waals surface area contributed by atoms with Crippen LogP contribution in [-0.2, 0) is 14.6 Å². The van der Waals surface area contributed by atoms with E-state index in [-0.39, 0.29) is 6.61 Å². The van der Waals surface area contributed by atoms with Gasteiger partial charge in [-0.1, -0.05) is 6.92 Å². The molecule has 0 heterocycles. The van der Waals surface area contributed by atoms with Crippen LogP contribution >= 0.6 is 0 Å². The molecule has 0 aromatic carbocycles. The summed E-state index contributed by atoms with van der Waals surface area (Å²) in [6.45, 7) is 4.67. The maximum absolute atomic E-state index is 10.3. The summed E-state index contributed by atoms with van der Waals surface area (Å²) in [5.41, 5.74) is 0. The Hall–Kier alpha value is -0.120. The van der Waals surface area contributed by atoms with Crippen molar-refractivity contribution in [1.29, 1.82) is 0 Å². The van der Waals surface area contributed by atoms with E-state index in [9.17, 15) is 5.11 Å². The molecule has 0 aliphatic heterocycles. The quantitative estimate of drug-likeness (QED) is 0.529. The smallest absolute Gasteiger partial charge is 0.183 e. The van der Waals surface area contributed by atoms with Crippen molar-refractivity contribution in [2.24, 2.45) is 0 Å². The first kappa shape index (κ1) is 9.88. The summed E-state index contributed by atoms with van der Waals surface area (Å²) in [6, 6.07) is 0. The zero-order valence-corrected chi connectivity index (χ0v) is 6.63. The highest BCUT2D eigenvalue weighted by Gasteiger charge is 2.05. The average molecular weight is 147 g/mol. The molecule has 3 heteroatoms. The predicted molar refractivity (Wildman–Crippen MR) is 37.2 cm³/mol. The fourth-order valence-corrected chi connectivity index (χ4v) is 0.580. The molecule has 0 aromatic heterocycles. The highest BCUT2D eigenvalue weighted by Crippen LogP contribution is 1.94. The van der Waals surface area contributed by atoms with E-state index in [1.165, 1.54) is 0 Å². The van der Waals surface area contributed by atoms with Gasteiger partial charge in [0.1, 0.15) is 6.61 Å². The Labute approximate surface area is 62.0 Å². The maximum Gasteiger partial charge on any atom is 0.183 e. The van der Waals surface area contributed by atoms with Crippen molar-refractivity contribution in [2.45, 2.75) is 26.6 Å². The molecule has 0 saturated carbocycles. The summed E-state index contributed by atoms with van der Waals surface area (Å²) >= 11 is 0. The second-order valence-corrected chi connectivity index (χ2v) is 1.92. The van der Waals surface area contributed by atoms with Gasteiger partial charge in [0, 0.05) is 13.2 Å². The van der Waals surface area contributed by atoms with E-state index in [0.717, 1.165) is 6.42 Å². The highest BCUT2D eigenvalue weighted by molar-refractivity contribution is 4.37. The van der Waals surface area contributed by atoms with Crippen LogP contribution < -0.4 is 0 Å². The lowest BCUT2D eigenvalue weighted by Gasteiger charge is -2.12. The Kier molecular flexibility index (Phi) is 6.91. The third kappa shape index (κ3) is 4.73. The van der Waals surface area contributed by atoms with Gasteiger partial charge in [-0.15, -0.1) is 0 Å². The first-order valence-corrected chi connectivity index (χ1v) is 3.66. The first-order chi connectivity index (χ1) is 4.85. The minimum Gasteiger partial charge on any atom is -0.350 e. The normalized spacial score (nSPS) is 13.5. The third-order valence-corrected chi connectivity index (χ3v) is 0.997. The Morgan fingerprint density at radius 1 is 1.30 bits per heavy atom. The van der Waals surface area contributed by atoms with Gasteiger partial charge in [0.15, 0.2) is 6.29 Å². The summed E-state index contributed by atoms with van der Waals surface area (Å²) in [6.07, 6.45) is 0.383. The SMILES string of the molecule is CCCOC(C[O])OCC. The Bertz CT molecular complexity index is 65.9. The van der Waals surface area contributed by atoms with Crippen LogP contribution in [0.1, 0.15) is 20.3 Å². The Morgan fingerprint density at radius 3 is 2.40 bits per heavy atom. The monoisotopic (exact) mass is 147 g/mol. The van der Waals surface area contributed by atoms with Crippen LogP contribution in [0.5, 0.6) is 0 Å². The van der Waals surface area contributed by atoms with Crippen molar-refractivity contribution in [1.82, 2.24) is 0 Å². The van der Waals surface area contributed by atoms with Crippen LogP contribution in [0.3, 0.4) is 0 Å². The van der Waals surface area contributed by atoms with Gasteiger partial charge in [0.25, 0.3) is 0 Å². The lowest BCUT2D eigenvalue weighted by molar-refractivity contribution is -0.169. The molecule has 61 valence electrons. The van der Waals surface area contributed by atoms with Gasteiger partial charge in [-0.25, -0.2) is 5.11 Å². The van der Waals surface area contributed by atoms with Crippen LogP contribution in [0.15, 0.2) is 0 Å². The Balaban J connectivity index is 3.21. The second kappa shape index (κ2) is 6.99. The lowest BCUT2D eigenvalue weighted by Crippen LogP contribution is -2.21. The largest absolute Gasteiger partial charge is 0.350 e. The molecule has 1 atom stereocenters. The summed E-state index contributed by atoms with van der Waals surface area (Å²) in [5, 5.41) is 10.3.